The zero-order chi connectivity index (χ0) is 18.0. The monoisotopic (exact) mass is 339 g/mol. The minimum absolute atomic E-state index is 0.000169. The molecule has 0 aliphatic rings. The topological polar surface area (TPSA) is 80.4 Å². The molecule has 126 valence electrons. The van der Waals surface area contributed by atoms with Gasteiger partial charge in [0.15, 0.2) is 23.0 Å². The number of carbonyl (C=O) groups excluding carboxylic acids is 2. The lowest BCUT2D eigenvalue weighted by Gasteiger charge is -2.02. The van der Waals surface area contributed by atoms with E-state index in [0.717, 1.165) is 29.3 Å². The summed E-state index contributed by atoms with van der Waals surface area (Å²) < 4.78 is 18.4. The Morgan fingerprint density at radius 1 is 1.08 bits per heavy atom. The van der Waals surface area contributed by atoms with Gasteiger partial charge in [-0.1, -0.05) is 35.0 Å². The molecular weight excluding hydrogens is 325 g/mol. The highest BCUT2D eigenvalue weighted by Gasteiger charge is 2.20. The number of nitrogens with zero attached hydrogens (tertiary/aromatic N) is 1. The number of rotatable bonds is 5. The molecule has 3 aromatic rings. The van der Waals surface area contributed by atoms with Gasteiger partial charge in [0.25, 0.3) is 0 Å². The number of carbonyl (C=O) groups is 2. The number of halogens is 1. The summed E-state index contributed by atoms with van der Waals surface area (Å²) in [7, 11) is 0. The Labute approximate surface area is 142 Å². The van der Waals surface area contributed by atoms with E-state index in [2.05, 4.69) is 5.16 Å². The summed E-state index contributed by atoms with van der Waals surface area (Å²) in [5.41, 5.74) is 1.60. The molecule has 0 saturated heterocycles. The van der Waals surface area contributed by atoms with E-state index >= 15 is 0 Å². The SMILES string of the molecule is Cc1ccc(-c2cc(C(=O)CC(=O)c3cc(F)ccc3O)no2)cc1. The van der Waals surface area contributed by atoms with Crippen LogP contribution in [0.15, 0.2) is 53.1 Å². The molecule has 0 fully saturated rings. The number of aromatic nitrogens is 1. The van der Waals surface area contributed by atoms with Crippen molar-refractivity contribution in [3.05, 3.63) is 71.2 Å². The maximum absolute atomic E-state index is 13.2. The first-order chi connectivity index (χ1) is 11.9. The molecule has 2 aromatic carbocycles. The minimum atomic E-state index is -0.693. The van der Waals surface area contributed by atoms with Gasteiger partial charge < -0.3 is 9.63 Å². The minimum Gasteiger partial charge on any atom is -0.507 e. The van der Waals surface area contributed by atoms with Crippen molar-refractivity contribution in [1.29, 1.82) is 0 Å². The van der Waals surface area contributed by atoms with Crippen LogP contribution in [0.4, 0.5) is 4.39 Å². The highest BCUT2D eigenvalue weighted by atomic mass is 19.1. The third kappa shape index (κ3) is 3.63. The molecule has 0 aliphatic carbocycles. The van der Waals surface area contributed by atoms with E-state index < -0.39 is 23.8 Å². The van der Waals surface area contributed by atoms with E-state index in [4.69, 9.17) is 4.52 Å². The summed E-state index contributed by atoms with van der Waals surface area (Å²) in [6.07, 6.45) is -0.545. The van der Waals surface area contributed by atoms with Crippen LogP contribution in [0.1, 0.15) is 32.8 Å². The average Bonchev–Trinajstić information content (AvgIpc) is 3.07. The fraction of sp³-hybridized carbons (Fsp3) is 0.105. The van der Waals surface area contributed by atoms with Crippen LogP contribution >= 0.6 is 0 Å². The number of Topliss-reactive ketones (excluding diaryl/α,β-unsaturated/α-hetero) is 2. The van der Waals surface area contributed by atoms with Crippen molar-refractivity contribution in [2.45, 2.75) is 13.3 Å². The molecule has 0 unspecified atom stereocenters. The lowest BCUT2D eigenvalue weighted by atomic mass is 10.0. The van der Waals surface area contributed by atoms with E-state index in [1.165, 1.54) is 6.07 Å². The van der Waals surface area contributed by atoms with Crippen LogP contribution in [0.3, 0.4) is 0 Å². The van der Waals surface area contributed by atoms with E-state index in [1.54, 1.807) is 0 Å². The van der Waals surface area contributed by atoms with Gasteiger partial charge in [-0.05, 0) is 25.1 Å². The van der Waals surface area contributed by atoms with Crippen molar-refractivity contribution in [2.75, 3.05) is 0 Å². The van der Waals surface area contributed by atoms with E-state index in [1.807, 2.05) is 31.2 Å². The van der Waals surface area contributed by atoms with Gasteiger partial charge in [-0.2, -0.15) is 0 Å². The zero-order valence-electron chi connectivity index (χ0n) is 13.3. The molecule has 0 radical (unpaired) electrons. The van der Waals surface area contributed by atoms with E-state index in [-0.39, 0.29) is 17.0 Å². The fourth-order valence-corrected chi connectivity index (χ4v) is 2.32. The predicted molar refractivity (Wildman–Crippen MR) is 88.0 cm³/mol. The molecule has 0 aliphatic heterocycles. The van der Waals surface area contributed by atoms with Crippen LogP contribution in [0.2, 0.25) is 0 Å². The normalized spacial score (nSPS) is 10.6. The average molecular weight is 339 g/mol. The summed E-state index contributed by atoms with van der Waals surface area (Å²) >= 11 is 0. The highest BCUT2D eigenvalue weighted by Crippen LogP contribution is 2.23. The number of hydrogen-bond acceptors (Lipinski definition) is 5. The largest absolute Gasteiger partial charge is 0.507 e. The first-order valence-electron chi connectivity index (χ1n) is 7.53. The van der Waals surface area contributed by atoms with Crippen LogP contribution in [-0.4, -0.2) is 21.8 Å². The molecule has 6 heteroatoms. The number of aryl methyl sites for hydroxylation is 1. The Morgan fingerprint density at radius 2 is 1.80 bits per heavy atom. The Hall–Kier alpha value is -3.28. The molecule has 1 aromatic heterocycles. The number of benzene rings is 2. The van der Waals surface area contributed by atoms with Crippen LogP contribution in [0.5, 0.6) is 5.75 Å². The van der Waals surface area contributed by atoms with Gasteiger partial charge in [-0.3, -0.25) is 9.59 Å². The molecule has 25 heavy (non-hydrogen) atoms. The molecule has 1 heterocycles. The summed E-state index contributed by atoms with van der Waals surface area (Å²) in [5, 5.41) is 13.3. The van der Waals surface area contributed by atoms with Gasteiger partial charge in [0, 0.05) is 11.6 Å². The van der Waals surface area contributed by atoms with Crippen molar-refractivity contribution in [3.63, 3.8) is 0 Å². The summed E-state index contributed by atoms with van der Waals surface area (Å²) in [4.78, 5) is 24.3. The molecule has 0 spiro atoms. The number of ketones is 2. The second-order valence-corrected chi connectivity index (χ2v) is 5.63. The van der Waals surface area contributed by atoms with Crippen molar-refractivity contribution >= 4 is 11.6 Å². The van der Waals surface area contributed by atoms with Crippen molar-refractivity contribution < 1.29 is 23.6 Å². The number of hydrogen-bond donors (Lipinski definition) is 1. The van der Waals surface area contributed by atoms with Gasteiger partial charge in [0.1, 0.15) is 11.6 Å². The van der Waals surface area contributed by atoms with Crippen LogP contribution in [-0.2, 0) is 0 Å². The molecule has 0 atom stereocenters. The number of phenolic OH excluding ortho intramolecular Hbond substituents is 1. The van der Waals surface area contributed by atoms with Crippen molar-refractivity contribution in [2.24, 2.45) is 0 Å². The summed E-state index contributed by atoms with van der Waals surface area (Å²) in [6, 6.07) is 11.9. The Bertz CT molecular complexity index is 944. The molecule has 0 amide bonds. The van der Waals surface area contributed by atoms with E-state index in [0.29, 0.717) is 5.76 Å². The number of phenols is 1. The first kappa shape index (κ1) is 16.6. The molecule has 0 saturated carbocycles. The third-order valence-electron chi connectivity index (χ3n) is 3.71. The molecule has 0 bridgehead atoms. The summed E-state index contributed by atoms with van der Waals surface area (Å²) in [6.45, 7) is 1.95. The molecule has 3 rings (SSSR count). The second-order valence-electron chi connectivity index (χ2n) is 5.63. The smallest absolute Gasteiger partial charge is 0.192 e. The van der Waals surface area contributed by atoms with Gasteiger partial charge in [0.05, 0.1) is 12.0 Å². The molecule has 1 N–H and O–H groups in total. The quantitative estimate of drug-likeness (QED) is 0.562. The molecular formula is C19H14FNO4. The number of aromatic hydroxyl groups is 1. The zero-order valence-corrected chi connectivity index (χ0v) is 13.3. The van der Waals surface area contributed by atoms with Crippen LogP contribution < -0.4 is 0 Å². The van der Waals surface area contributed by atoms with Gasteiger partial charge in [-0.15, -0.1) is 0 Å². The Kier molecular flexibility index (Phi) is 4.43. The Balaban J connectivity index is 1.76. The van der Waals surface area contributed by atoms with Gasteiger partial charge in [-0.25, -0.2) is 4.39 Å². The van der Waals surface area contributed by atoms with Gasteiger partial charge >= 0.3 is 0 Å². The van der Waals surface area contributed by atoms with Crippen LogP contribution in [0.25, 0.3) is 11.3 Å². The standard InChI is InChI=1S/C19H14FNO4/c1-11-2-4-12(5-3-11)19-9-15(21-25-19)18(24)10-17(23)14-8-13(20)6-7-16(14)22/h2-9,22H,10H2,1H3. The summed E-state index contributed by atoms with van der Waals surface area (Å²) in [5.74, 6) is -1.90. The Morgan fingerprint density at radius 3 is 2.52 bits per heavy atom. The lowest BCUT2D eigenvalue weighted by Crippen LogP contribution is -2.09. The predicted octanol–water partition coefficient (Wildman–Crippen LogP) is 3.95. The van der Waals surface area contributed by atoms with Gasteiger partial charge in [0.2, 0.25) is 0 Å². The van der Waals surface area contributed by atoms with Crippen LogP contribution in [0, 0.1) is 12.7 Å². The maximum atomic E-state index is 13.2. The first-order valence-corrected chi connectivity index (χ1v) is 7.53. The third-order valence-corrected chi connectivity index (χ3v) is 3.71. The van der Waals surface area contributed by atoms with Crippen molar-refractivity contribution in [3.8, 4) is 17.1 Å². The lowest BCUT2D eigenvalue weighted by molar-refractivity contribution is 0.0888. The highest BCUT2D eigenvalue weighted by molar-refractivity contribution is 6.13. The van der Waals surface area contributed by atoms with Crippen molar-refractivity contribution in [1.82, 2.24) is 5.16 Å². The van der Waals surface area contributed by atoms with E-state index in [9.17, 15) is 19.1 Å². The second kappa shape index (κ2) is 6.68. The molecule has 5 nitrogen and oxygen atoms in total. The maximum Gasteiger partial charge on any atom is 0.192 e. The fourth-order valence-electron chi connectivity index (χ4n) is 2.32.